The van der Waals surface area contributed by atoms with E-state index in [1.807, 2.05) is 56.3 Å². The van der Waals surface area contributed by atoms with Crippen molar-refractivity contribution in [1.29, 1.82) is 0 Å². The van der Waals surface area contributed by atoms with E-state index in [0.717, 1.165) is 33.2 Å². The first-order valence-corrected chi connectivity index (χ1v) is 13.4. The number of rotatable bonds is 7. The number of fused-ring (bicyclic) bond motifs is 2. The summed E-state index contributed by atoms with van der Waals surface area (Å²) in [7, 11) is 0. The molecule has 0 spiro atoms. The molecule has 1 N–H and O–H groups in total. The summed E-state index contributed by atoms with van der Waals surface area (Å²) in [6.45, 7) is 5.47. The molecule has 5 aromatic rings. The highest BCUT2D eigenvalue weighted by molar-refractivity contribution is 6.00. The highest BCUT2D eigenvalue weighted by atomic mass is 16.2. The van der Waals surface area contributed by atoms with Crippen LogP contribution in [0.5, 0.6) is 0 Å². The summed E-state index contributed by atoms with van der Waals surface area (Å²) < 4.78 is 3.22. The van der Waals surface area contributed by atoms with Gasteiger partial charge < -0.3 is 10.2 Å². The topological polar surface area (TPSA) is 102 Å². The second-order valence-corrected chi connectivity index (χ2v) is 10.4. The maximum atomic E-state index is 13.2. The fourth-order valence-electron chi connectivity index (χ4n) is 5.34. The predicted molar refractivity (Wildman–Crippen MR) is 154 cm³/mol. The van der Waals surface area contributed by atoms with Gasteiger partial charge in [-0.3, -0.25) is 19.0 Å². The Morgan fingerprint density at radius 3 is 2.67 bits per heavy atom. The zero-order valence-electron chi connectivity index (χ0n) is 22.5. The Balaban J connectivity index is 1.10. The van der Waals surface area contributed by atoms with E-state index in [9.17, 15) is 14.4 Å². The van der Waals surface area contributed by atoms with Crippen LogP contribution in [0, 0.1) is 19.8 Å². The quantitative estimate of drug-likeness (QED) is 0.344. The largest absolute Gasteiger partial charge is 0.354 e. The van der Waals surface area contributed by atoms with Crippen molar-refractivity contribution >= 4 is 39.3 Å². The minimum absolute atomic E-state index is 0.0505. The molecular formula is C31H30N6O3. The van der Waals surface area contributed by atoms with Gasteiger partial charge in [-0.1, -0.05) is 48.5 Å². The monoisotopic (exact) mass is 534 g/mol. The average Bonchev–Trinajstić information content (AvgIpc) is 3.56. The van der Waals surface area contributed by atoms with E-state index in [1.165, 1.54) is 6.20 Å². The molecule has 0 aliphatic carbocycles. The lowest BCUT2D eigenvalue weighted by atomic mass is 10.0. The van der Waals surface area contributed by atoms with Gasteiger partial charge in [0.25, 0.3) is 5.56 Å². The van der Waals surface area contributed by atoms with E-state index in [1.54, 1.807) is 20.5 Å². The smallest absolute Gasteiger partial charge is 0.264 e. The fraction of sp³-hybridized carbons (Fsp3) is 0.258. The van der Waals surface area contributed by atoms with Crippen molar-refractivity contribution in [3.05, 3.63) is 100 Å². The fourth-order valence-corrected chi connectivity index (χ4v) is 5.34. The number of aryl methyl sites for hydroxylation is 2. The van der Waals surface area contributed by atoms with Gasteiger partial charge >= 0.3 is 0 Å². The van der Waals surface area contributed by atoms with Crippen LogP contribution in [0.1, 0.15) is 23.1 Å². The number of hydrogen-bond donors (Lipinski definition) is 1. The van der Waals surface area contributed by atoms with Gasteiger partial charge in [-0.15, -0.1) is 0 Å². The summed E-state index contributed by atoms with van der Waals surface area (Å²) in [5.41, 5.74) is 4.45. The van der Waals surface area contributed by atoms with Gasteiger partial charge in [-0.05, 0) is 53.4 Å². The second kappa shape index (κ2) is 10.4. The first kappa shape index (κ1) is 25.5. The molecule has 1 fully saturated rings. The molecule has 9 nitrogen and oxygen atoms in total. The maximum absolute atomic E-state index is 13.2. The molecule has 6 rings (SSSR count). The van der Waals surface area contributed by atoms with Crippen LogP contribution in [-0.2, 0) is 22.7 Å². The first-order valence-electron chi connectivity index (χ1n) is 13.4. The van der Waals surface area contributed by atoms with Crippen LogP contribution in [0.15, 0.2) is 78.0 Å². The maximum Gasteiger partial charge on any atom is 0.264 e. The lowest BCUT2D eigenvalue weighted by Crippen LogP contribution is -2.35. The molecule has 0 saturated carbocycles. The minimum atomic E-state index is -0.414. The number of carbonyl (C=O) groups is 2. The normalized spacial score (nSPS) is 15.3. The number of nitrogens with zero attached hydrogens (tertiary/aromatic N) is 5. The van der Waals surface area contributed by atoms with E-state index >= 15 is 0 Å². The summed E-state index contributed by atoms with van der Waals surface area (Å²) in [6, 6.07) is 20.1. The SMILES string of the molecule is Cc1ccc(N2CC(C(=O)NCCn3ncc4c(=O)n(Cc5cccc6ccccc56)cnc43)CC2=O)cc1C. The molecule has 3 aromatic carbocycles. The Hall–Kier alpha value is -4.79. The predicted octanol–water partition coefficient (Wildman–Crippen LogP) is 3.58. The first-order chi connectivity index (χ1) is 19.4. The van der Waals surface area contributed by atoms with Crippen molar-refractivity contribution in [2.24, 2.45) is 5.92 Å². The summed E-state index contributed by atoms with van der Waals surface area (Å²) in [5, 5.41) is 9.94. The average molecular weight is 535 g/mol. The van der Waals surface area contributed by atoms with Gasteiger partial charge in [0.2, 0.25) is 11.8 Å². The molecule has 1 atom stereocenters. The number of hydrogen-bond acceptors (Lipinski definition) is 5. The second-order valence-electron chi connectivity index (χ2n) is 10.4. The third-order valence-electron chi connectivity index (χ3n) is 7.76. The number of anilines is 1. The van der Waals surface area contributed by atoms with Crippen molar-refractivity contribution in [2.75, 3.05) is 18.0 Å². The molecule has 202 valence electrons. The number of nitrogens with one attached hydrogen (secondary N) is 1. The van der Waals surface area contributed by atoms with Crippen LogP contribution in [0.3, 0.4) is 0 Å². The van der Waals surface area contributed by atoms with Gasteiger partial charge in [-0.25, -0.2) is 9.67 Å². The van der Waals surface area contributed by atoms with E-state index in [0.29, 0.717) is 37.2 Å². The van der Waals surface area contributed by atoms with Gasteiger partial charge in [0.1, 0.15) is 11.7 Å². The summed E-state index contributed by atoms with van der Waals surface area (Å²) in [5.74, 6) is -0.630. The van der Waals surface area contributed by atoms with Crippen LogP contribution in [0.2, 0.25) is 0 Å². The summed E-state index contributed by atoms with van der Waals surface area (Å²) in [6.07, 6.45) is 3.26. The lowest BCUT2D eigenvalue weighted by Gasteiger charge is -2.18. The Morgan fingerprint density at radius 1 is 1.00 bits per heavy atom. The van der Waals surface area contributed by atoms with Crippen LogP contribution in [0.4, 0.5) is 5.69 Å². The van der Waals surface area contributed by atoms with Crippen molar-refractivity contribution in [1.82, 2.24) is 24.6 Å². The van der Waals surface area contributed by atoms with Crippen molar-refractivity contribution in [3.8, 4) is 0 Å². The number of benzene rings is 3. The molecule has 2 amide bonds. The Morgan fingerprint density at radius 2 is 1.82 bits per heavy atom. The summed E-state index contributed by atoms with van der Waals surface area (Å²) in [4.78, 5) is 44.9. The molecule has 1 saturated heterocycles. The Bertz CT molecular complexity index is 1820. The highest BCUT2D eigenvalue weighted by Gasteiger charge is 2.35. The van der Waals surface area contributed by atoms with E-state index in [-0.39, 0.29) is 23.8 Å². The van der Waals surface area contributed by atoms with Crippen molar-refractivity contribution in [2.45, 2.75) is 33.4 Å². The summed E-state index contributed by atoms with van der Waals surface area (Å²) >= 11 is 0. The number of carbonyl (C=O) groups excluding carboxylic acids is 2. The van der Waals surface area contributed by atoms with E-state index < -0.39 is 5.92 Å². The zero-order valence-corrected chi connectivity index (χ0v) is 22.5. The molecule has 0 radical (unpaired) electrons. The van der Waals surface area contributed by atoms with Crippen molar-refractivity contribution in [3.63, 3.8) is 0 Å². The number of aromatic nitrogens is 4. The molecule has 40 heavy (non-hydrogen) atoms. The third-order valence-corrected chi connectivity index (χ3v) is 7.76. The van der Waals surface area contributed by atoms with E-state index in [2.05, 4.69) is 33.6 Å². The molecule has 1 aliphatic rings. The van der Waals surface area contributed by atoms with Gasteiger partial charge in [-0.2, -0.15) is 5.10 Å². The van der Waals surface area contributed by atoms with Gasteiger partial charge in [0.15, 0.2) is 5.65 Å². The van der Waals surface area contributed by atoms with Crippen LogP contribution >= 0.6 is 0 Å². The Labute approximate surface area is 231 Å². The molecule has 9 heteroatoms. The van der Waals surface area contributed by atoms with E-state index in [4.69, 9.17) is 0 Å². The zero-order chi connectivity index (χ0) is 27.8. The molecule has 1 aliphatic heterocycles. The third kappa shape index (κ3) is 4.75. The molecule has 2 aromatic heterocycles. The van der Waals surface area contributed by atoms with Gasteiger partial charge in [0, 0.05) is 25.2 Å². The lowest BCUT2D eigenvalue weighted by molar-refractivity contribution is -0.126. The highest BCUT2D eigenvalue weighted by Crippen LogP contribution is 2.27. The molecular weight excluding hydrogens is 504 g/mol. The van der Waals surface area contributed by atoms with Crippen LogP contribution in [-0.4, -0.2) is 44.2 Å². The molecule has 0 bridgehead atoms. The molecule has 3 heterocycles. The Kier molecular flexibility index (Phi) is 6.63. The number of amides is 2. The van der Waals surface area contributed by atoms with Gasteiger partial charge in [0.05, 0.1) is 25.2 Å². The molecule has 1 unspecified atom stereocenters. The van der Waals surface area contributed by atoms with Crippen LogP contribution < -0.4 is 15.8 Å². The van der Waals surface area contributed by atoms with Crippen LogP contribution in [0.25, 0.3) is 21.8 Å². The minimum Gasteiger partial charge on any atom is -0.354 e. The standard InChI is InChI=1S/C31H30N6O3/c1-20-10-11-25(14-21(20)2)36-18-24(15-28(36)38)30(39)32-12-13-37-29-27(16-34-37)31(40)35(19-33-29)17-23-8-5-7-22-6-3-4-9-26(22)23/h3-11,14,16,19,24H,12-13,15,17-18H2,1-2H3,(H,32,39). The van der Waals surface area contributed by atoms with Crippen molar-refractivity contribution < 1.29 is 9.59 Å².